The van der Waals surface area contributed by atoms with Crippen molar-refractivity contribution < 1.29 is 9.18 Å². The number of halogens is 2. The molecule has 1 aromatic carbocycles. The minimum absolute atomic E-state index is 0.0148. The van der Waals surface area contributed by atoms with E-state index in [2.05, 4.69) is 8.75 Å². The maximum atomic E-state index is 13.1. The molecule has 0 aliphatic heterocycles. The van der Waals surface area contributed by atoms with Gasteiger partial charge in [0.2, 0.25) is 0 Å². The number of hydrogen-bond donors (Lipinski definition) is 0. The van der Waals surface area contributed by atoms with E-state index >= 15 is 0 Å². The summed E-state index contributed by atoms with van der Waals surface area (Å²) in [5, 5.41) is -0.0148. The van der Waals surface area contributed by atoms with Crippen LogP contribution >= 0.6 is 23.3 Å². The Labute approximate surface area is 100 Å². The molecule has 0 spiro atoms. The molecule has 0 N–H and O–H groups in total. The van der Waals surface area contributed by atoms with E-state index in [9.17, 15) is 9.18 Å². The highest BCUT2D eigenvalue weighted by Crippen LogP contribution is 2.20. The highest BCUT2D eigenvalue weighted by molar-refractivity contribution is 6.99. The summed E-state index contributed by atoms with van der Waals surface area (Å²) in [6.45, 7) is 0. The molecule has 0 atom stereocenters. The average Bonchev–Trinajstić information content (AvgIpc) is 2.78. The van der Waals surface area contributed by atoms with Crippen LogP contribution in [0, 0.1) is 5.82 Å². The first-order valence-corrected chi connectivity index (χ1v) is 5.53. The van der Waals surface area contributed by atoms with Crippen LogP contribution in [-0.4, -0.2) is 14.5 Å². The Morgan fingerprint density at radius 3 is 3.00 bits per heavy atom. The van der Waals surface area contributed by atoms with E-state index in [1.54, 1.807) is 6.07 Å². The molecule has 0 aliphatic rings. The number of carbonyl (C=O) groups is 1. The molecule has 0 saturated heterocycles. The molecule has 0 unspecified atom stereocenters. The summed E-state index contributed by atoms with van der Waals surface area (Å²) >= 11 is 6.70. The number of rotatable bonds is 3. The smallest absolute Gasteiger partial charge is 0.188 e. The molecule has 0 amide bonds. The first kappa shape index (κ1) is 11.2. The lowest BCUT2D eigenvalue weighted by atomic mass is 10.1. The zero-order chi connectivity index (χ0) is 11.5. The number of hydrogen-bond acceptors (Lipinski definition) is 4. The molecule has 3 nitrogen and oxygen atoms in total. The van der Waals surface area contributed by atoms with Crippen LogP contribution in [0.1, 0.15) is 16.1 Å². The van der Waals surface area contributed by atoms with E-state index in [1.165, 1.54) is 18.3 Å². The van der Waals surface area contributed by atoms with Crippen LogP contribution < -0.4 is 0 Å². The van der Waals surface area contributed by atoms with E-state index in [0.717, 1.165) is 11.7 Å². The van der Waals surface area contributed by atoms with Crippen LogP contribution in [0.3, 0.4) is 0 Å². The van der Waals surface area contributed by atoms with Crippen molar-refractivity contribution in [2.45, 2.75) is 6.42 Å². The maximum Gasteiger partial charge on any atom is 0.188 e. The molecule has 0 bridgehead atoms. The van der Waals surface area contributed by atoms with Crippen molar-refractivity contribution in [3.63, 3.8) is 0 Å². The topological polar surface area (TPSA) is 42.9 Å². The van der Waals surface area contributed by atoms with E-state index in [4.69, 9.17) is 11.6 Å². The van der Waals surface area contributed by atoms with Gasteiger partial charge in [-0.05, 0) is 11.6 Å². The summed E-state index contributed by atoms with van der Waals surface area (Å²) in [4.78, 5) is 11.7. The van der Waals surface area contributed by atoms with Crippen molar-refractivity contribution in [2.75, 3.05) is 0 Å². The second-order valence-electron chi connectivity index (χ2n) is 3.11. The largest absolute Gasteiger partial charge is 0.292 e. The number of nitrogens with zero attached hydrogens (tertiary/aromatic N) is 2. The SMILES string of the molecule is O=C(Cc1cccc(F)c1Cl)c1cnsn1. The van der Waals surface area contributed by atoms with Crippen molar-refractivity contribution in [1.29, 1.82) is 0 Å². The molecular formula is C10H6ClFN2OS. The van der Waals surface area contributed by atoms with Gasteiger partial charge in [-0.1, -0.05) is 23.7 Å². The van der Waals surface area contributed by atoms with Crippen molar-refractivity contribution >= 4 is 29.1 Å². The molecule has 2 aromatic rings. The van der Waals surface area contributed by atoms with Crippen molar-refractivity contribution in [2.24, 2.45) is 0 Å². The minimum atomic E-state index is -0.525. The Bertz CT molecular complexity index is 516. The third-order valence-electron chi connectivity index (χ3n) is 2.03. The molecule has 16 heavy (non-hydrogen) atoms. The van der Waals surface area contributed by atoms with E-state index in [0.29, 0.717) is 5.56 Å². The lowest BCUT2D eigenvalue weighted by Gasteiger charge is -2.02. The van der Waals surface area contributed by atoms with Gasteiger partial charge in [0.25, 0.3) is 0 Å². The highest BCUT2D eigenvalue weighted by Gasteiger charge is 2.13. The van der Waals surface area contributed by atoms with Gasteiger partial charge in [0.1, 0.15) is 11.5 Å². The van der Waals surface area contributed by atoms with Crippen LogP contribution in [0.25, 0.3) is 0 Å². The zero-order valence-electron chi connectivity index (χ0n) is 7.98. The normalized spacial score (nSPS) is 10.4. The fraction of sp³-hybridized carbons (Fsp3) is 0.100. The van der Waals surface area contributed by atoms with E-state index in [1.807, 2.05) is 0 Å². The predicted molar refractivity (Wildman–Crippen MR) is 59.4 cm³/mol. The monoisotopic (exact) mass is 256 g/mol. The molecule has 1 aromatic heterocycles. The van der Waals surface area contributed by atoms with Crippen LogP contribution in [0.2, 0.25) is 5.02 Å². The zero-order valence-corrected chi connectivity index (χ0v) is 9.56. The minimum Gasteiger partial charge on any atom is -0.292 e. The van der Waals surface area contributed by atoms with Gasteiger partial charge in [-0.3, -0.25) is 4.79 Å². The summed E-state index contributed by atoms with van der Waals surface area (Å²) < 4.78 is 20.6. The number of benzene rings is 1. The Morgan fingerprint density at radius 1 is 1.50 bits per heavy atom. The summed E-state index contributed by atoms with van der Waals surface area (Å²) in [6.07, 6.45) is 1.42. The van der Waals surface area contributed by atoms with Crippen LogP contribution in [-0.2, 0) is 6.42 Å². The number of ketones is 1. The second-order valence-corrected chi connectivity index (χ2v) is 4.04. The van der Waals surface area contributed by atoms with Gasteiger partial charge in [0.05, 0.1) is 22.9 Å². The van der Waals surface area contributed by atoms with Crippen LogP contribution in [0.4, 0.5) is 4.39 Å². The summed E-state index contributed by atoms with van der Waals surface area (Å²) in [5.74, 6) is -0.746. The average molecular weight is 257 g/mol. The molecule has 0 saturated carbocycles. The van der Waals surface area contributed by atoms with Gasteiger partial charge in [0.15, 0.2) is 5.78 Å². The Kier molecular flexibility index (Phi) is 3.26. The number of Topliss-reactive ketones (excluding diaryl/α,β-unsaturated/α-hetero) is 1. The Balaban J connectivity index is 2.22. The highest BCUT2D eigenvalue weighted by atomic mass is 35.5. The van der Waals surface area contributed by atoms with Gasteiger partial charge in [-0.2, -0.15) is 8.75 Å². The van der Waals surface area contributed by atoms with E-state index < -0.39 is 5.82 Å². The van der Waals surface area contributed by atoms with Gasteiger partial charge >= 0.3 is 0 Å². The Morgan fingerprint density at radius 2 is 2.31 bits per heavy atom. The van der Waals surface area contributed by atoms with Gasteiger partial charge in [0, 0.05) is 6.42 Å². The summed E-state index contributed by atoms with van der Waals surface area (Å²) in [7, 11) is 0. The maximum absolute atomic E-state index is 13.1. The standard InChI is InChI=1S/C10H6ClFN2OS/c11-10-6(2-1-3-7(10)12)4-9(15)8-5-13-16-14-8/h1-3,5H,4H2. The van der Waals surface area contributed by atoms with Crippen molar-refractivity contribution in [1.82, 2.24) is 8.75 Å². The first-order chi connectivity index (χ1) is 7.68. The fourth-order valence-electron chi connectivity index (χ4n) is 1.24. The lowest BCUT2D eigenvalue weighted by molar-refractivity contribution is 0.0989. The molecule has 1 heterocycles. The molecule has 0 radical (unpaired) electrons. The third kappa shape index (κ3) is 2.25. The van der Waals surface area contributed by atoms with Crippen LogP contribution in [0.5, 0.6) is 0 Å². The number of carbonyl (C=O) groups excluding carboxylic acids is 1. The van der Waals surface area contributed by atoms with Crippen molar-refractivity contribution in [3.8, 4) is 0 Å². The van der Waals surface area contributed by atoms with Crippen LogP contribution in [0.15, 0.2) is 24.4 Å². The van der Waals surface area contributed by atoms with Crippen molar-refractivity contribution in [3.05, 3.63) is 46.5 Å². The molecule has 0 aliphatic carbocycles. The third-order valence-corrected chi connectivity index (χ3v) is 2.93. The number of aromatic nitrogens is 2. The van der Waals surface area contributed by atoms with Gasteiger partial charge in [-0.15, -0.1) is 0 Å². The first-order valence-electron chi connectivity index (χ1n) is 4.42. The van der Waals surface area contributed by atoms with E-state index in [-0.39, 0.29) is 22.9 Å². The lowest BCUT2D eigenvalue weighted by Crippen LogP contribution is -2.04. The molecule has 0 fully saturated rings. The Hall–Kier alpha value is -1.33. The molecular weight excluding hydrogens is 251 g/mol. The summed E-state index contributed by atoms with van der Waals surface area (Å²) in [6, 6.07) is 4.38. The second kappa shape index (κ2) is 4.67. The molecule has 82 valence electrons. The fourth-order valence-corrected chi connectivity index (χ4v) is 1.86. The molecule has 2 rings (SSSR count). The van der Waals surface area contributed by atoms with Gasteiger partial charge < -0.3 is 0 Å². The summed E-state index contributed by atoms with van der Waals surface area (Å²) in [5.41, 5.74) is 0.741. The van der Waals surface area contributed by atoms with Gasteiger partial charge in [-0.25, -0.2) is 4.39 Å². The molecule has 6 heteroatoms. The predicted octanol–water partition coefficient (Wildman–Crippen LogP) is 2.76. The quantitative estimate of drug-likeness (QED) is 0.793.